The maximum Gasteiger partial charge on any atom is 0.226 e. The number of halogens is 2. The molecule has 7 heteroatoms. The number of ether oxygens (including phenoxy) is 2. The maximum absolute atomic E-state index is 12.0. The van der Waals surface area contributed by atoms with E-state index in [1.807, 2.05) is 18.2 Å². The number of hydrogen-bond acceptors (Lipinski definition) is 4. The Balaban J connectivity index is 1.51. The maximum atomic E-state index is 12.0. The van der Waals surface area contributed by atoms with Crippen molar-refractivity contribution in [2.24, 2.45) is 0 Å². The van der Waals surface area contributed by atoms with Crippen LogP contribution in [0.1, 0.15) is 6.42 Å². The van der Waals surface area contributed by atoms with Crippen molar-refractivity contribution in [2.75, 3.05) is 30.4 Å². The molecule has 0 aliphatic carbocycles. The van der Waals surface area contributed by atoms with Crippen LogP contribution in [0.2, 0.25) is 10.0 Å². The molecule has 0 saturated carbocycles. The van der Waals surface area contributed by atoms with E-state index >= 15 is 0 Å². The highest BCUT2D eigenvalue weighted by Crippen LogP contribution is 2.32. The molecule has 5 nitrogen and oxygen atoms in total. The third-order valence-corrected chi connectivity index (χ3v) is 3.99. The predicted octanol–water partition coefficient (Wildman–Crippen LogP) is 4.21. The first kappa shape index (κ1) is 16.7. The zero-order valence-corrected chi connectivity index (χ0v) is 14.3. The van der Waals surface area contributed by atoms with Crippen LogP contribution in [0.5, 0.6) is 11.5 Å². The Bertz CT molecular complexity index is 753. The topological polar surface area (TPSA) is 59.6 Å². The molecule has 1 aliphatic rings. The van der Waals surface area contributed by atoms with Crippen molar-refractivity contribution in [2.45, 2.75) is 6.42 Å². The van der Waals surface area contributed by atoms with E-state index in [1.54, 1.807) is 18.2 Å². The van der Waals surface area contributed by atoms with Crippen LogP contribution < -0.4 is 20.1 Å². The van der Waals surface area contributed by atoms with E-state index in [9.17, 15) is 4.79 Å². The Labute approximate surface area is 149 Å². The molecule has 0 bridgehead atoms. The summed E-state index contributed by atoms with van der Waals surface area (Å²) in [6.07, 6.45) is 0.289. The minimum atomic E-state index is -0.149. The third-order valence-electron chi connectivity index (χ3n) is 3.43. The number of rotatable bonds is 5. The number of benzene rings is 2. The molecule has 2 N–H and O–H groups in total. The molecule has 0 atom stereocenters. The van der Waals surface area contributed by atoms with Gasteiger partial charge in [0.05, 0.1) is 10.7 Å². The molecule has 0 fully saturated rings. The van der Waals surface area contributed by atoms with E-state index < -0.39 is 0 Å². The summed E-state index contributed by atoms with van der Waals surface area (Å²) < 4.78 is 11.0. The second kappa shape index (κ2) is 7.64. The van der Waals surface area contributed by atoms with Crippen molar-refractivity contribution in [3.05, 3.63) is 46.4 Å². The van der Waals surface area contributed by atoms with Gasteiger partial charge in [0, 0.05) is 29.7 Å². The Kier molecular flexibility index (Phi) is 5.33. The van der Waals surface area contributed by atoms with E-state index in [2.05, 4.69) is 10.6 Å². The van der Waals surface area contributed by atoms with Gasteiger partial charge in [-0.15, -0.1) is 0 Å². The number of fused-ring (bicyclic) bond motifs is 1. The lowest BCUT2D eigenvalue weighted by atomic mass is 10.2. The van der Waals surface area contributed by atoms with Crippen LogP contribution in [0.15, 0.2) is 36.4 Å². The van der Waals surface area contributed by atoms with Crippen molar-refractivity contribution in [3.8, 4) is 11.5 Å². The average Bonchev–Trinajstić information content (AvgIpc) is 2.58. The smallest absolute Gasteiger partial charge is 0.226 e. The van der Waals surface area contributed by atoms with Gasteiger partial charge < -0.3 is 20.1 Å². The van der Waals surface area contributed by atoms with Gasteiger partial charge in [0.2, 0.25) is 5.91 Å². The first-order valence-corrected chi connectivity index (χ1v) is 8.26. The lowest BCUT2D eigenvalue weighted by Gasteiger charge is -2.19. The van der Waals surface area contributed by atoms with E-state index in [1.165, 1.54) is 0 Å². The Hall–Kier alpha value is -2.11. The van der Waals surface area contributed by atoms with Crippen LogP contribution in [-0.4, -0.2) is 25.7 Å². The molecule has 0 saturated heterocycles. The van der Waals surface area contributed by atoms with E-state index in [0.29, 0.717) is 41.2 Å². The summed E-state index contributed by atoms with van der Waals surface area (Å²) in [6, 6.07) is 10.5. The quantitative estimate of drug-likeness (QED) is 0.832. The molecular formula is C17H16Cl2N2O3. The Morgan fingerprint density at radius 2 is 1.83 bits per heavy atom. The molecule has 3 rings (SSSR count). The summed E-state index contributed by atoms with van der Waals surface area (Å²) in [5.41, 5.74) is 1.38. The van der Waals surface area contributed by atoms with E-state index in [0.717, 1.165) is 11.4 Å². The number of carbonyl (C=O) groups is 1. The van der Waals surface area contributed by atoms with Crippen molar-refractivity contribution in [1.29, 1.82) is 0 Å². The lowest BCUT2D eigenvalue weighted by molar-refractivity contribution is -0.115. The molecule has 24 heavy (non-hydrogen) atoms. The first-order chi connectivity index (χ1) is 11.6. The van der Waals surface area contributed by atoms with Crippen molar-refractivity contribution < 1.29 is 14.3 Å². The molecule has 1 heterocycles. The molecule has 126 valence electrons. The normalized spacial score (nSPS) is 12.6. The number of nitrogens with one attached hydrogen (secondary N) is 2. The lowest BCUT2D eigenvalue weighted by Crippen LogP contribution is -2.17. The summed E-state index contributed by atoms with van der Waals surface area (Å²) in [6.45, 7) is 1.58. The molecule has 0 radical (unpaired) electrons. The van der Waals surface area contributed by atoms with Crippen molar-refractivity contribution in [3.63, 3.8) is 0 Å². The third kappa shape index (κ3) is 4.24. The van der Waals surface area contributed by atoms with Gasteiger partial charge in [-0.3, -0.25) is 4.79 Å². The van der Waals surface area contributed by atoms with Crippen LogP contribution in [0, 0.1) is 0 Å². The van der Waals surface area contributed by atoms with Crippen LogP contribution in [0.25, 0.3) is 0 Å². The van der Waals surface area contributed by atoms with Crippen LogP contribution in [0.4, 0.5) is 11.4 Å². The van der Waals surface area contributed by atoms with Gasteiger partial charge in [-0.25, -0.2) is 0 Å². The monoisotopic (exact) mass is 366 g/mol. The molecule has 2 aromatic carbocycles. The van der Waals surface area contributed by atoms with Gasteiger partial charge in [0.1, 0.15) is 13.2 Å². The largest absolute Gasteiger partial charge is 0.486 e. The standard InChI is InChI=1S/C17H16Cl2N2O3/c18-11-1-3-13(19)14(9-11)21-17(22)5-6-20-12-2-4-15-16(10-12)24-8-7-23-15/h1-4,9-10,20H,5-8H2,(H,21,22). The van der Waals surface area contributed by atoms with E-state index in [4.69, 9.17) is 32.7 Å². The molecular weight excluding hydrogens is 351 g/mol. The fraction of sp³-hybridized carbons (Fsp3) is 0.235. The highest BCUT2D eigenvalue weighted by molar-refractivity contribution is 6.35. The van der Waals surface area contributed by atoms with Crippen LogP contribution in [-0.2, 0) is 4.79 Å². The predicted molar refractivity (Wildman–Crippen MR) is 95.6 cm³/mol. The molecule has 0 spiro atoms. The number of hydrogen-bond donors (Lipinski definition) is 2. The number of amides is 1. The number of anilines is 2. The molecule has 0 aromatic heterocycles. The second-order valence-corrected chi connectivity index (χ2v) is 6.05. The summed E-state index contributed by atoms with van der Waals surface area (Å²) in [5, 5.41) is 6.90. The minimum Gasteiger partial charge on any atom is -0.486 e. The minimum absolute atomic E-state index is 0.149. The van der Waals surface area contributed by atoms with Gasteiger partial charge in [0.25, 0.3) is 0 Å². The average molecular weight is 367 g/mol. The van der Waals surface area contributed by atoms with Crippen molar-refractivity contribution >= 4 is 40.5 Å². The summed E-state index contributed by atoms with van der Waals surface area (Å²) in [5.74, 6) is 1.30. The van der Waals surface area contributed by atoms with Gasteiger partial charge in [0.15, 0.2) is 11.5 Å². The SMILES string of the molecule is O=C(CCNc1ccc2c(c1)OCCO2)Nc1cc(Cl)ccc1Cl. The fourth-order valence-electron chi connectivity index (χ4n) is 2.28. The highest BCUT2D eigenvalue weighted by Gasteiger charge is 2.12. The zero-order valence-electron chi connectivity index (χ0n) is 12.8. The van der Waals surface area contributed by atoms with Crippen molar-refractivity contribution in [1.82, 2.24) is 0 Å². The Morgan fingerprint density at radius 1 is 1.04 bits per heavy atom. The summed E-state index contributed by atoms with van der Waals surface area (Å²) in [4.78, 5) is 12.0. The molecule has 2 aromatic rings. The highest BCUT2D eigenvalue weighted by atomic mass is 35.5. The van der Waals surface area contributed by atoms with Gasteiger partial charge in [-0.2, -0.15) is 0 Å². The fourth-order valence-corrected chi connectivity index (χ4v) is 2.62. The molecule has 0 unspecified atom stereocenters. The summed E-state index contributed by atoms with van der Waals surface area (Å²) >= 11 is 11.9. The zero-order chi connectivity index (χ0) is 16.9. The first-order valence-electron chi connectivity index (χ1n) is 7.50. The van der Waals surface area contributed by atoms with Gasteiger partial charge >= 0.3 is 0 Å². The molecule has 1 amide bonds. The Morgan fingerprint density at radius 3 is 2.67 bits per heavy atom. The summed E-state index contributed by atoms with van der Waals surface area (Å²) in [7, 11) is 0. The molecule has 1 aliphatic heterocycles. The van der Waals surface area contributed by atoms with Crippen LogP contribution in [0.3, 0.4) is 0 Å². The van der Waals surface area contributed by atoms with Gasteiger partial charge in [-0.05, 0) is 30.3 Å². The number of carbonyl (C=O) groups excluding carboxylic acids is 1. The second-order valence-electron chi connectivity index (χ2n) is 5.21. The van der Waals surface area contributed by atoms with Crippen LogP contribution >= 0.6 is 23.2 Å². The van der Waals surface area contributed by atoms with E-state index in [-0.39, 0.29) is 12.3 Å². The van der Waals surface area contributed by atoms with Gasteiger partial charge in [-0.1, -0.05) is 23.2 Å².